The van der Waals surface area contributed by atoms with Gasteiger partial charge in [-0.25, -0.2) is 4.79 Å². The smallest absolute Gasteiger partial charge is 0.326 e. The highest BCUT2D eigenvalue weighted by molar-refractivity contribution is 9.10. The first kappa shape index (κ1) is 22.5. The number of hydrogen-bond acceptors (Lipinski definition) is 4. The number of carboxylic acids is 1. The Kier molecular flexibility index (Phi) is 8.73. The minimum atomic E-state index is -1.09. The zero-order valence-electron chi connectivity index (χ0n) is 16.4. The van der Waals surface area contributed by atoms with Gasteiger partial charge in [0.05, 0.1) is 17.7 Å². The Morgan fingerprint density at radius 3 is 2.45 bits per heavy atom. The van der Waals surface area contributed by atoms with Crippen LogP contribution >= 0.6 is 15.9 Å². The normalized spacial score (nSPS) is 11.8. The maximum absolute atomic E-state index is 12.3. The maximum Gasteiger partial charge on any atom is 0.326 e. The van der Waals surface area contributed by atoms with E-state index in [2.05, 4.69) is 21.2 Å². The second-order valence-corrected chi connectivity index (χ2v) is 6.97. The molecule has 0 saturated heterocycles. The maximum atomic E-state index is 12.3. The quantitative estimate of drug-likeness (QED) is 0.520. The Hall–Kier alpha value is -2.80. The van der Waals surface area contributed by atoms with Crippen LogP contribution in [0, 0.1) is 0 Å². The highest BCUT2D eigenvalue weighted by atomic mass is 79.9. The fourth-order valence-electron chi connectivity index (χ4n) is 2.67. The molecule has 2 N–H and O–H groups in total. The fourth-order valence-corrected chi connectivity index (χ4v) is 3.25. The van der Waals surface area contributed by atoms with Gasteiger partial charge < -0.3 is 19.9 Å². The first-order valence-corrected chi connectivity index (χ1v) is 10.1. The van der Waals surface area contributed by atoms with E-state index < -0.39 is 17.9 Å². The third-order valence-corrected chi connectivity index (χ3v) is 4.53. The average molecular weight is 462 g/mol. The van der Waals surface area contributed by atoms with Gasteiger partial charge in [-0.15, -0.1) is 0 Å². The second-order valence-electron chi connectivity index (χ2n) is 6.12. The monoisotopic (exact) mass is 461 g/mol. The number of rotatable bonds is 10. The van der Waals surface area contributed by atoms with Crippen molar-refractivity contribution < 1.29 is 24.2 Å². The Balaban J connectivity index is 2.11. The van der Waals surface area contributed by atoms with Crippen molar-refractivity contribution in [1.29, 1.82) is 0 Å². The fraction of sp³-hybridized carbons (Fsp3) is 0.273. The standard InChI is InChI=1S/C22H24BrNO5/c1-3-28-19-14-16(12-17(23)21(19)29-4-2)10-11-20(25)24-18(22(26)27)13-15-8-6-5-7-9-15/h5-12,14,18H,3-4,13H2,1-2H3,(H,24,25)(H,26,27)/b11-10+/t18-/m0/s1. The molecule has 154 valence electrons. The van der Waals surface area contributed by atoms with Gasteiger partial charge in [-0.2, -0.15) is 0 Å². The summed E-state index contributed by atoms with van der Waals surface area (Å²) in [6.07, 6.45) is 3.11. The molecule has 6 nitrogen and oxygen atoms in total. The minimum absolute atomic E-state index is 0.207. The van der Waals surface area contributed by atoms with E-state index in [9.17, 15) is 14.7 Å². The Labute approximate surface area is 178 Å². The van der Waals surface area contributed by atoms with E-state index in [1.54, 1.807) is 18.2 Å². The van der Waals surface area contributed by atoms with E-state index in [-0.39, 0.29) is 6.42 Å². The molecule has 0 unspecified atom stereocenters. The summed E-state index contributed by atoms with van der Waals surface area (Å²) >= 11 is 3.46. The van der Waals surface area contributed by atoms with Crippen LogP contribution < -0.4 is 14.8 Å². The molecule has 0 radical (unpaired) electrons. The molecule has 0 saturated carbocycles. The van der Waals surface area contributed by atoms with Crippen molar-refractivity contribution in [3.8, 4) is 11.5 Å². The van der Waals surface area contributed by atoms with Gasteiger partial charge >= 0.3 is 5.97 Å². The van der Waals surface area contributed by atoms with E-state index >= 15 is 0 Å². The molecule has 0 spiro atoms. The molecule has 1 amide bonds. The van der Waals surface area contributed by atoms with Crippen molar-refractivity contribution in [3.63, 3.8) is 0 Å². The van der Waals surface area contributed by atoms with Gasteiger partial charge in [0.15, 0.2) is 11.5 Å². The predicted octanol–water partition coefficient (Wildman–Crippen LogP) is 4.07. The van der Waals surface area contributed by atoms with Crippen LogP contribution in [0.4, 0.5) is 0 Å². The van der Waals surface area contributed by atoms with Gasteiger partial charge in [-0.1, -0.05) is 30.3 Å². The average Bonchev–Trinajstić information content (AvgIpc) is 2.69. The molecule has 0 heterocycles. The number of carbonyl (C=O) groups is 2. The molecule has 0 fully saturated rings. The van der Waals surface area contributed by atoms with Crippen LogP contribution in [-0.2, 0) is 16.0 Å². The zero-order valence-corrected chi connectivity index (χ0v) is 17.9. The molecular weight excluding hydrogens is 438 g/mol. The highest BCUT2D eigenvalue weighted by Gasteiger charge is 2.19. The lowest BCUT2D eigenvalue weighted by Crippen LogP contribution is -2.41. The van der Waals surface area contributed by atoms with Crippen LogP contribution in [0.5, 0.6) is 11.5 Å². The first-order valence-electron chi connectivity index (χ1n) is 9.29. The second kappa shape index (κ2) is 11.3. The van der Waals surface area contributed by atoms with Crippen molar-refractivity contribution in [2.45, 2.75) is 26.3 Å². The van der Waals surface area contributed by atoms with E-state index in [0.29, 0.717) is 34.7 Å². The van der Waals surface area contributed by atoms with Crippen molar-refractivity contribution in [1.82, 2.24) is 5.32 Å². The molecule has 0 aromatic heterocycles. The summed E-state index contributed by atoms with van der Waals surface area (Å²) in [5.41, 5.74) is 1.55. The number of carboxylic acid groups (broad SMARTS) is 1. The molecule has 0 aliphatic heterocycles. The van der Waals surface area contributed by atoms with Crippen molar-refractivity contribution in [2.75, 3.05) is 13.2 Å². The third-order valence-electron chi connectivity index (χ3n) is 3.94. The molecule has 0 aliphatic rings. The Morgan fingerprint density at radius 2 is 1.83 bits per heavy atom. The molecule has 2 rings (SSSR count). The van der Waals surface area contributed by atoms with Gasteiger partial charge in [0.25, 0.3) is 0 Å². The highest BCUT2D eigenvalue weighted by Crippen LogP contribution is 2.37. The van der Waals surface area contributed by atoms with Crippen LogP contribution in [0.15, 0.2) is 53.0 Å². The SMILES string of the molecule is CCOc1cc(/C=C/C(=O)N[C@@H](Cc2ccccc2)C(=O)O)cc(Br)c1OCC. The Morgan fingerprint density at radius 1 is 1.14 bits per heavy atom. The van der Waals surface area contributed by atoms with Crippen LogP contribution in [-0.4, -0.2) is 36.2 Å². The van der Waals surface area contributed by atoms with Crippen LogP contribution in [0.2, 0.25) is 0 Å². The number of aliphatic carboxylic acids is 1. The summed E-state index contributed by atoms with van der Waals surface area (Å²) in [6.45, 7) is 4.72. The summed E-state index contributed by atoms with van der Waals surface area (Å²) in [7, 11) is 0. The van der Waals surface area contributed by atoms with Gasteiger partial charge in [-0.3, -0.25) is 4.79 Å². The molecule has 7 heteroatoms. The van der Waals surface area contributed by atoms with Gasteiger partial charge in [-0.05, 0) is 59.1 Å². The van der Waals surface area contributed by atoms with Gasteiger partial charge in [0.1, 0.15) is 6.04 Å². The van der Waals surface area contributed by atoms with Crippen LogP contribution in [0.25, 0.3) is 6.08 Å². The van der Waals surface area contributed by atoms with E-state index in [1.807, 2.05) is 44.2 Å². The number of ether oxygens (including phenoxy) is 2. The van der Waals surface area contributed by atoms with Gasteiger partial charge in [0, 0.05) is 12.5 Å². The van der Waals surface area contributed by atoms with Crippen LogP contribution in [0.1, 0.15) is 25.0 Å². The molecule has 0 bridgehead atoms. The molecule has 2 aromatic rings. The number of amides is 1. The lowest BCUT2D eigenvalue weighted by atomic mass is 10.1. The number of benzene rings is 2. The number of nitrogens with one attached hydrogen (secondary N) is 1. The van der Waals surface area contributed by atoms with E-state index in [4.69, 9.17) is 9.47 Å². The summed E-state index contributed by atoms with van der Waals surface area (Å²) in [5.74, 6) is -0.407. The zero-order chi connectivity index (χ0) is 21.2. The first-order chi connectivity index (χ1) is 13.9. The molecular formula is C22H24BrNO5. The minimum Gasteiger partial charge on any atom is -0.490 e. The topological polar surface area (TPSA) is 84.9 Å². The van der Waals surface area contributed by atoms with Crippen molar-refractivity contribution >= 4 is 33.9 Å². The summed E-state index contributed by atoms with van der Waals surface area (Å²) in [4.78, 5) is 23.8. The largest absolute Gasteiger partial charge is 0.490 e. The number of halogens is 1. The van der Waals surface area contributed by atoms with Crippen LogP contribution in [0.3, 0.4) is 0 Å². The molecule has 29 heavy (non-hydrogen) atoms. The van der Waals surface area contributed by atoms with E-state index in [1.165, 1.54) is 6.08 Å². The van der Waals surface area contributed by atoms with Crippen molar-refractivity contribution in [2.24, 2.45) is 0 Å². The van der Waals surface area contributed by atoms with E-state index in [0.717, 1.165) is 5.56 Å². The Bertz CT molecular complexity index is 867. The van der Waals surface area contributed by atoms with Crippen molar-refractivity contribution in [3.05, 3.63) is 64.1 Å². The predicted molar refractivity (Wildman–Crippen MR) is 115 cm³/mol. The number of hydrogen-bond donors (Lipinski definition) is 2. The summed E-state index contributed by atoms with van der Waals surface area (Å²) < 4.78 is 11.9. The molecule has 2 aromatic carbocycles. The molecule has 1 atom stereocenters. The third kappa shape index (κ3) is 6.94. The summed E-state index contributed by atoms with van der Waals surface area (Å²) in [6, 6.07) is 11.7. The van der Waals surface area contributed by atoms with Gasteiger partial charge in [0.2, 0.25) is 5.91 Å². The number of carbonyl (C=O) groups excluding carboxylic acids is 1. The summed E-state index contributed by atoms with van der Waals surface area (Å²) in [5, 5.41) is 11.9. The lowest BCUT2D eigenvalue weighted by molar-refractivity contribution is -0.141. The molecule has 0 aliphatic carbocycles. The lowest BCUT2D eigenvalue weighted by Gasteiger charge is -2.14.